The highest BCUT2D eigenvalue weighted by Crippen LogP contribution is 2.35. The van der Waals surface area contributed by atoms with Crippen LogP contribution in [0.1, 0.15) is 36.8 Å². The quantitative estimate of drug-likeness (QED) is 0.442. The van der Waals surface area contributed by atoms with Crippen molar-refractivity contribution in [3.63, 3.8) is 0 Å². The van der Waals surface area contributed by atoms with Crippen molar-refractivity contribution in [2.45, 2.75) is 30.3 Å². The second-order valence-electron chi connectivity index (χ2n) is 8.53. The minimum absolute atomic E-state index is 0.0117. The molecule has 2 fully saturated rings. The van der Waals surface area contributed by atoms with E-state index in [0.29, 0.717) is 25.4 Å². The van der Waals surface area contributed by atoms with Crippen LogP contribution in [0.3, 0.4) is 0 Å². The Morgan fingerprint density at radius 1 is 1.17 bits per heavy atom. The molecule has 186 valence electrons. The number of H-pyrrole nitrogens is 1. The van der Waals surface area contributed by atoms with Gasteiger partial charge >= 0.3 is 0 Å². The van der Waals surface area contributed by atoms with Crippen molar-refractivity contribution in [3.05, 3.63) is 35.7 Å². The molecule has 2 aromatic heterocycles. The number of hydrogen-bond acceptors (Lipinski definition) is 8. The number of ether oxygens (including phenoxy) is 2. The standard InChI is InChI=1S/C22H23F2N5O5S/c1-35(31,32)16-8-12(15-10-33-6-7-34-15)4-5-13(16)25-14-9-17(27-22(30)11-2-3-11)26-20-18(14)28-21(29-20)19(23)24/h4-5,8-9,11,15,19H,2-3,6-7,10H2,1H3,(H3,25,26,27,28,29,30)/t15-/m0/s1. The van der Waals surface area contributed by atoms with Gasteiger partial charge in [0, 0.05) is 18.2 Å². The highest BCUT2D eigenvalue weighted by atomic mass is 32.2. The van der Waals surface area contributed by atoms with Gasteiger partial charge in [-0.2, -0.15) is 0 Å². The zero-order valence-electron chi connectivity index (χ0n) is 18.7. The van der Waals surface area contributed by atoms with Crippen LogP contribution in [-0.4, -0.2) is 55.4 Å². The van der Waals surface area contributed by atoms with E-state index in [4.69, 9.17) is 9.47 Å². The molecule has 1 saturated carbocycles. The molecule has 1 saturated heterocycles. The number of carbonyl (C=O) groups is 1. The zero-order valence-corrected chi connectivity index (χ0v) is 19.5. The minimum atomic E-state index is -3.70. The van der Waals surface area contributed by atoms with Gasteiger partial charge in [0.15, 0.2) is 21.3 Å². The Kier molecular flexibility index (Phi) is 6.15. The molecule has 1 amide bonds. The van der Waals surface area contributed by atoms with Crippen molar-refractivity contribution in [2.24, 2.45) is 5.92 Å². The summed E-state index contributed by atoms with van der Waals surface area (Å²) in [6.45, 7) is 1.17. The van der Waals surface area contributed by atoms with Crippen molar-refractivity contribution < 1.29 is 31.5 Å². The number of benzene rings is 1. The fourth-order valence-electron chi connectivity index (χ4n) is 3.82. The van der Waals surface area contributed by atoms with Gasteiger partial charge in [0.25, 0.3) is 6.43 Å². The lowest BCUT2D eigenvalue weighted by molar-refractivity contribution is -0.117. The molecule has 5 rings (SSSR count). The zero-order chi connectivity index (χ0) is 24.7. The molecule has 13 heteroatoms. The highest BCUT2D eigenvalue weighted by molar-refractivity contribution is 7.90. The molecule has 10 nitrogen and oxygen atoms in total. The molecule has 3 N–H and O–H groups in total. The monoisotopic (exact) mass is 507 g/mol. The van der Waals surface area contributed by atoms with Gasteiger partial charge in [-0.15, -0.1) is 0 Å². The second kappa shape index (κ2) is 9.13. The smallest absolute Gasteiger partial charge is 0.295 e. The lowest BCUT2D eigenvalue weighted by Crippen LogP contribution is -2.22. The SMILES string of the molecule is CS(=O)(=O)c1cc([C@@H]2COCCO2)ccc1Nc1cc(NC(=O)C2CC2)nc2[nH]c(C(F)F)nc12. The van der Waals surface area contributed by atoms with Crippen LogP contribution >= 0.6 is 0 Å². The molecule has 3 heterocycles. The molecule has 1 aliphatic heterocycles. The molecule has 0 unspecified atom stereocenters. The fraction of sp³-hybridized carbons (Fsp3) is 0.409. The summed E-state index contributed by atoms with van der Waals surface area (Å²) < 4.78 is 63.0. The predicted octanol–water partition coefficient (Wildman–Crippen LogP) is 3.48. The molecule has 2 aliphatic rings. The van der Waals surface area contributed by atoms with Crippen LogP contribution in [0.5, 0.6) is 0 Å². The number of amides is 1. The number of anilines is 3. The first-order chi connectivity index (χ1) is 16.7. The fourth-order valence-corrected chi connectivity index (χ4v) is 4.69. The predicted molar refractivity (Wildman–Crippen MR) is 123 cm³/mol. The van der Waals surface area contributed by atoms with Crippen LogP contribution in [0, 0.1) is 5.92 Å². The Morgan fingerprint density at radius 2 is 1.97 bits per heavy atom. The first-order valence-corrected chi connectivity index (χ1v) is 12.9. The average molecular weight is 508 g/mol. The van der Waals surface area contributed by atoms with Crippen molar-refractivity contribution in [1.82, 2.24) is 15.0 Å². The third-order valence-electron chi connectivity index (χ3n) is 5.74. The van der Waals surface area contributed by atoms with Crippen LogP contribution in [0.4, 0.5) is 26.0 Å². The largest absolute Gasteiger partial charge is 0.376 e. The average Bonchev–Trinajstić information content (AvgIpc) is 3.58. The van der Waals surface area contributed by atoms with Crippen molar-refractivity contribution in [3.8, 4) is 0 Å². The van der Waals surface area contributed by atoms with E-state index in [1.54, 1.807) is 12.1 Å². The van der Waals surface area contributed by atoms with Gasteiger partial charge in [0.2, 0.25) is 5.91 Å². The van der Waals surface area contributed by atoms with Gasteiger partial charge in [-0.05, 0) is 30.5 Å². The number of hydrogen-bond donors (Lipinski definition) is 3. The summed E-state index contributed by atoms with van der Waals surface area (Å²) in [7, 11) is -3.70. The van der Waals surface area contributed by atoms with E-state index in [9.17, 15) is 22.0 Å². The van der Waals surface area contributed by atoms with E-state index in [-0.39, 0.29) is 45.1 Å². The number of nitrogens with one attached hydrogen (secondary N) is 3. The number of pyridine rings is 1. The molecule has 35 heavy (non-hydrogen) atoms. The number of imidazole rings is 1. The number of alkyl halides is 2. The van der Waals surface area contributed by atoms with E-state index in [1.807, 2.05) is 0 Å². The summed E-state index contributed by atoms with van der Waals surface area (Å²) in [5.74, 6) is -0.772. The van der Waals surface area contributed by atoms with Gasteiger partial charge in [-0.25, -0.2) is 27.2 Å². The third kappa shape index (κ3) is 5.11. The normalized spacial score (nSPS) is 18.7. The second-order valence-corrected chi connectivity index (χ2v) is 10.5. The molecule has 1 aliphatic carbocycles. The number of aromatic nitrogens is 3. The first kappa shape index (κ1) is 23.6. The molecule has 0 spiro atoms. The van der Waals surface area contributed by atoms with Crippen LogP contribution in [-0.2, 0) is 24.1 Å². The third-order valence-corrected chi connectivity index (χ3v) is 6.88. The summed E-state index contributed by atoms with van der Waals surface area (Å²) in [4.78, 5) is 22.8. The first-order valence-electron chi connectivity index (χ1n) is 11.0. The molecule has 0 radical (unpaired) electrons. The topological polar surface area (TPSA) is 135 Å². The molecular formula is C22H23F2N5O5S. The summed E-state index contributed by atoms with van der Waals surface area (Å²) in [6, 6.07) is 6.22. The van der Waals surface area contributed by atoms with Crippen LogP contribution in [0.2, 0.25) is 0 Å². The van der Waals surface area contributed by atoms with Crippen LogP contribution < -0.4 is 10.6 Å². The Balaban J connectivity index is 1.55. The lowest BCUT2D eigenvalue weighted by Gasteiger charge is -2.24. The summed E-state index contributed by atoms with van der Waals surface area (Å²) >= 11 is 0. The number of sulfone groups is 1. The minimum Gasteiger partial charge on any atom is -0.376 e. The summed E-state index contributed by atoms with van der Waals surface area (Å²) in [6.07, 6.45) is -0.653. The Hall–Kier alpha value is -3.16. The molecule has 0 bridgehead atoms. The maximum absolute atomic E-state index is 13.3. The molecular weight excluding hydrogens is 484 g/mol. The van der Waals surface area contributed by atoms with E-state index in [0.717, 1.165) is 19.1 Å². The highest BCUT2D eigenvalue weighted by Gasteiger charge is 2.30. The maximum atomic E-state index is 13.3. The van der Waals surface area contributed by atoms with Gasteiger partial charge in [-0.1, -0.05) is 6.07 Å². The number of halogens is 2. The maximum Gasteiger partial charge on any atom is 0.295 e. The van der Waals surface area contributed by atoms with Gasteiger partial charge < -0.3 is 25.1 Å². The number of nitrogens with zero attached hydrogens (tertiary/aromatic N) is 2. The Bertz CT molecular complexity index is 1380. The Morgan fingerprint density at radius 3 is 2.63 bits per heavy atom. The summed E-state index contributed by atoms with van der Waals surface area (Å²) in [5, 5.41) is 5.68. The number of carbonyl (C=O) groups excluding carboxylic acids is 1. The molecule has 3 aromatic rings. The molecule has 1 aromatic carbocycles. The van der Waals surface area contributed by atoms with Crippen LogP contribution in [0.15, 0.2) is 29.2 Å². The number of fused-ring (bicyclic) bond motifs is 1. The van der Waals surface area contributed by atoms with E-state index in [1.165, 1.54) is 12.1 Å². The van der Waals surface area contributed by atoms with E-state index >= 15 is 0 Å². The summed E-state index contributed by atoms with van der Waals surface area (Å²) in [5.41, 5.74) is 1.16. The van der Waals surface area contributed by atoms with Crippen molar-refractivity contribution >= 4 is 44.1 Å². The van der Waals surface area contributed by atoms with Gasteiger partial charge in [0.05, 0.1) is 36.1 Å². The van der Waals surface area contributed by atoms with Crippen molar-refractivity contribution in [2.75, 3.05) is 36.7 Å². The number of aromatic amines is 1. The van der Waals surface area contributed by atoms with Crippen LogP contribution in [0.25, 0.3) is 11.2 Å². The Labute approximate surface area is 199 Å². The van der Waals surface area contributed by atoms with E-state index < -0.39 is 28.2 Å². The lowest BCUT2D eigenvalue weighted by atomic mass is 10.1. The number of rotatable bonds is 7. The van der Waals surface area contributed by atoms with Gasteiger partial charge in [0.1, 0.15) is 17.4 Å². The van der Waals surface area contributed by atoms with Crippen molar-refractivity contribution in [1.29, 1.82) is 0 Å². The van der Waals surface area contributed by atoms with E-state index in [2.05, 4.69) is 25.6 Å². The molecule has 1 atom stereocenters. The van der Waals surface area contributed by atoms with Gasteiger partial charge in [-0.3, -0.25) is 4.79 Å².